The van der Waals surface area contributed by atoms with Crippen LogP contribution in [0.2, 0.25) is 0 Å². The normalized spacial score (nSPS) is 12.4. The van der Waals surface area contributed by atoms with E-state index in [1.807, 2.05) is 26.0 Å². The van der Waals surface area contributed by atoms with Crippen molar-refractivity contribution in [3.63, 3.8) is 0 Å². The molecule has 3 heteroatoms. The molecule has 0 aliphatic rings. The van der Waals surface area contributed by atoms with E-state index in [9.17, 15) is 0 Å². The molecule has 0 saturated carbocycles. The fourth-order valence-electron chi connectivity index (χ4n) is 4.41. The van der Waals surface area contributed by atoms with Crippen LogP contribution in [0.15, 0.2) is 102 Å². The minimum absolute atomic E-state index is 0.652. The second-order valence-electron chi connectivity index (χ2n) is 8.53. The lowest BCUT2D eigenvalue weighted by Gasteiger charge is -2.11. The van der Waals surface area contributed by atoms with Crippen molar-refractivity contribution >= 4 is 32.5 Å². The number of benzene rings is 4. The second-order valence-corrected chi connectivity index (χ2v) is 9.44. The molecule has 0 N–H and O–H groups in total. The molecule has 0 atom stereocenters. The van der Waals surface area contributed by atoms with E-state index in [1.165, 1.54) is 15.8 Å². The first kappa shape index (κ1) is 18.8. The number of para-hydroxylation sites is 2. The van der Waals surface area contributed by atoms with Gasteiger partial charge in [-0.3, -0.25) is 4.57 Å². The van der Waals surface area contributed by atoms with E-state index in [-0.39, 0.29) is 0 Å². The molecule has 2 aromatic heterocycles. The van der Waals surface area contributed by atoms with Gasteiger partial charge in [0.2, 0.25) is 0 Å². The van der Waals surface area contributed by atoms with E-state index >= 15 is 0 Å². The number of imidazole rings is 1. The third-order valence-corrected chi connectivity index (χ3v) is 7.15. The molecule has 6 aromatic rings. The fraction of sp³-hybridized carbons (Fsp3) is 0.100. The zero-order valence-corrected chi connectivity index (χ0v) is 19.4. The Balaban J connectivity index is 1.56. The van der Waals surface area contributed by atoms with Gasteiger partial charge in [0.05, 0.1) is 11.0 Å². The molecule has 0 bridgehead atoms. The molecule has 160 valence electrons. The summed E-state index contributed by atoms with van der Waals surface area (Å²) in [6.45, 7) is 3.87. The summed E-state index contributed by atoms with van der Waals surface area (Å²) in [7, 11) is 0. The van der Waals surface area contributed by atoms with E-state index < -0.39 is 5.89 Å². The third kappa shape index (κ3) is 3.46. The average Bonchev–Trinajstić information content (AvgIpc) is 3.45. The molecule has 0 saturated heterocycles. The molecule has 0 unspecified atom stereocenters. The van der Waals surface area contributed by atoms with Crippen LogP contribution in [0.1, 0.15) is 26.7 Å². The highest BCUT2D eigenvalue weighted by molar-refractivity contribution is 7.17. The zero-order valence-electron chi connectivity index (χ0n) is 19.6. The van der Waals surface area contributed by atoms with Gasteiger partial charge in [-0.25, -0.2) is 4.98 Å². The second kappa shape index (κ2) is 8.02. The molecule has 0 fully saturated rings. The van der Waals surface area contributed by atoms with Gasteiger partial charge in [0.1, 0.15) is 5.82 Å². The van der Waals surface area contributed by atoms with Crippen molar-refractivity contribution in [1.29, 1.82) is 0 Å². The van der Waals surface area contributed by atoms with E-state index in [0.717, 1.165) is 39.1 Å². The minimum atomic E-state index is -0.652. The summed E-state index contributed by atoms with van der Waals surface area (Å²) in [4.78, 5) is 5.08. The van der Waals surface area contributed by atoms with Crippen LogP contribution in [0, 0.1) is 0 Å². The Morgan fingerprint density at radius 1 is 0.818 bits per heavy atom. The highest BCUT2D eigenvalue weighted by Gasteiger charge is 2.18. The molecule has 6 rings (SSSR count). The summed E-state index contributed by atoms with van der Waals surface area (Å²) in [6, 6.07) is 33.8. The Labute approximate surface area is 199 Å². The molecule has 4 aromatic carbocycles. The van der Waals surface area contributed by atoms with Gasteiger partial charge in [-0.15, -0.1) is 11.3 Å². The molecule has 0 spiro atoms. The van der Waals surface area contributed by atoms with Gasteiger partial charge in [0.15, 0.2) is 0 Å². The Morgan fingerprint density at radius 3 is 2.33 bits per heavy atom. The molecular weight excluding hydrogens is 420 g/mol. The van der Waals surface area contributed by atoms with Gasteiger partial charge in [0.25, 0.3) is 0 Å². The van der Waals surface area contributed by atoms with Crippen LogP contribution in [-0.2, 0) is 0 Å². The van der Waals surface area contributed by atoms with Crippen molar-refractivity contribution in [2.45, 2.75) is 19.7 Å². The van der Waals surface area contributed by atoms with Gasteiger partial charge in [-0.05, 0) is 59.0 Å². The summed E-state index contributed by atoms with van der Waals surface area (Å²) < 4.78 is 12.0. The Hall–Kier alpha value is -3.69. The smallest absolute Gasteiger partial charge is 0.147 e. The van der Waals surface area contributed by atoms with E-state index in [2.05, 4.69) is 94.9 Å². The molecule has 0 aliphatic carbocycles. The van der Waals surface area contributed by atoms with Crippen LogP contribution in [-0.4, -0.2) is 9.55 Å². The standard InChI is InChI=1S/C30H24N2S/c1-20(2)23-14-17-29-25(18-23)26(19-33-29)30-31-27-10-6-7-11-28(27)32(30)24-15-12-22(13-16-24)21-8-4-3-5-9-21/h3-20H,1-2H3/i20D. The minimum Gasteiger partial charge on any atom is -0.292 e. The number of hydrogen-bond donors (Lipinski definition) is 0. The van der Waals surface area contributed by atoms with Gasteiger partial charge >= 0.3 is 0 Å². The van der Waals surface area contributed by atoms with Crippen molar-refractivity contribution in [2.24, 2.45) is 0 Å². The molecule has 0 aliphatic heterocycles. The first-order valence-electron chi connectivity index (χ1n) is 11.6. The quantitative estimate of drug-likeness (QED) is 0.265. The predicted molar refractivity (Wildman–Crippen MR) is 141 cm³/mol. The molecule has 0 amide bonds. The molecule has 2 nitrogen and oxygen atoms in total. The van der Waals surface area contributed by atoms with Gasteiger partial charge in [-0.2, -0.15) is 0 Å². The summed E-state index contributed by atoms with van der Waals surface area (Å²) in [6.07, 6.45) is 0. The Kier molecular flexibility index (Phi) is 4.58. The predicted octanol–water partition coefficient (Wildman–Crippen LogP) is 8.70. The monoisotopic (exact) mass is 445 g/mol. The fourth-order valence-corrected chi connectivity index (χ4v) is 5.33. The topological polar surface area (TPSA) is 17.8 Å². The van der Waals surface area contributed by atoms with Crippen LogP contribution >= 0.6 is 11.3 Å². The van der Waals surface area contributed by atoms with Crippen molar-refractivity contribution in [2.75, 3.05) is 0 Å². The van der Waals surface area contributed by atoms with Crippen molar-refractivity contribution in [1.82, 2.24) is 9.55 Å². The van der Waals surface area contributed by atoms with Crippen LogP contribution in [0.4, 0.5) is 0 Å². The third-order valence-electron chi connectivity index (χ3n) is 6.19. The molecule has 2 heterocycles. The first-order valence-corrected chi connectivity index (χ1v) is 12.0. The average molecular weight is 446 g/mol. The summed E-state index contributed by atoms with van der Waals surface area (Å²) in [5.41, 5.74) is 7.66. The number of hydrogen-bond acceptors (Lipinski definition) is 2. The number of thiophene rings is 1. The van der Waals surface area contributed by atoms with Gasteiger partial charge < -0.3 is 0 Å². The van der Waals surface area contributed by atoms with Gasteiger partial charge in [-0.1, -0.05) is 74.5 Å². The summed E-state index contributed by atoms with van der Waals surface area (Å²) in [5, 5.41) is 3.35. The molecular formula is C30H24N2S. The summed E-state index contributed by atoms with van der Waals surface area (Å²) in [5.74, 6) is 0.278. The zero-order chi connectivity index (χ0) is 23.3. The Bertz CT molecular complexity index is 1620. The van der Waals surface area contributed by atoms with Gasteiger partial charge in [0, 0.05) is 28.1 Å². The maximum Gasteiger partial charge on any atom is 0.147 e. The first-order chi connectivity index (χ1) is 16.5. The highest BCUT2D eigenvalue weighted by Crippen LogP contribution is 2.38. The summed E-state index contributed by atoms with van der Waals surface area (Å²) >= 11 is 1.73. The van der Waals surface area contributed by atoms with E-state index in [1.54, 1.807) is 11.3 Å². The van der Waals surface area contributed by atoms with Crippen LogP contribution in [0.5, 0.6) is 0 Å². The number of rotatable bonds is 4. The molecule has 0 radical (unpaired) electrons. The molecule has 33 heavy (non-hydrogen) atoms. The largest absolute Gasteiger partial charge is 0.292 e. The van der Waals surface area contributed by atoms with Crippen molar-refractivity contribution in [3.05, 3.63) is 108 Å². The maximum absolute atomic E-state index is 8.51. The van der Waals surface area contributed by atoms with Crippen LogP contribution in [0.25, 0.3) is 49.3 Å². The van der Waals surface area contributed by atoms with E-state index in [0.29, 0.717) is 0 Å². The number of aromatic nitrogens is 2. The highest BCUT2D eigenvalue weighted by atomic mass is 32.1. The van der Waals surface area contributed by atoms with Crippen molar-refractivity contribution in [3.8, 4) is 28.2 Å². The number of fused-ring (bicyclic) bond motifs is 2. The lowest BCUT2D eigenvalue weighted by Crippen LogP contribution is -1.97. The number of nitrogens with zero attached hydrogens (tertiary/aromatic N) is 2. The Morgan fingerprint density at radius 2 is 1.55 bits per heavy atom. The van der Waals surface area contributed by atoms with Crippen molar-refractivity contribution < 1.29 is 1.37 Å². The van der Waals surface area contributed by atoms with E-state index in [4.69, 9.17) is 6.35 Å². The lowest BCUT2D eigenvalue weighted by molar-refractivity contribution is 0.869. The van der Waals surface area contributed by atoms with Crippen LogP contribution in [0.3, 0.4) is 0 Å². The SMILES string of the molecule is [2H]C(C)(C)c1ccc2scc(-c3nc4ccccc4n3-c3ccc(-c4ccccc4)cc3)c2c1. The lowest BCUT2D eigenvalue weighted by atomic mass is 10.0. The van der Waals surface area contributed by atoms with Crippen LogP contribution < -0.4 is 0 Å². The maximum atomic E-state index is 8.51.